The lowest BCUT2D eigenvalue weighted by Crippen LogP contribution is -2.32. The number of hydrogen-bond acceptors (Lipinski definition) is 6. The number of cyclic esters (lactones) is 1. The van der Waals surface area contributed by atoms with Gasteiger partial charge in [0, 0.05) is 6.42 Å². The quantitative estimate of drug-likeness (QED) is 0.620. The van der Waals surface area contributed by atoms with Crippen LogP contribution in [0.25, 0.3) is 6.08 Å². The average molecular weight is 346 g/mol. The van der Waals surface area contributed by atoms with Gasteiger partial charge in [0.1, 0.15) is 23.5 Å². The minimum absolute atomic E-state index is 0.0142. The Labute approximate surface area is 146 Å². The lowest BCUT2D eigenvalue weighted by molar-refractivity contribution is -0.127. The number of ketones is 1. The molecular weight excluding hydrogens is 324 g/mol. The van der Waals surface area contributed by atoms with E-state index in [0.717, 1.165) is 5.56 Å². The van der Waals surface area contributed by atoms with Crippen molar-refractivity contribution in [2.45, 2.75) is 45.0 Å². The van der Waals surface area contributed by atoms with Crippen LogP contribution in [0.2, 0.25) is 0 Å². The third kappa shape index (κ3) is 4.78. The van der Waals surface area contributed by atoms with Crippen molar-refractivity contribution in [3.05, 3.63) is 47.1 Å². The van der Waals surface area contributed by atoms with Crippen LogP contribution >= 0.6 is 0 Å². The third-order valence-electron chi connectivity index (χ3n) is 3.89. The van der Waals surface area contributed by atoms with E-state index in [9.17, 15) is 24.9 Å². The second kappa shape index (κ2) is 8.09. The standard InChI is InChI=1S/C19H22O6/c1-11-9-13-6-4-8-15(21)18(23)14(20)7-3-5-12(2)25-19(24)17(13)16(22)10-11/h3-4,6-7,9-10,12,15,18,21-23H,5,8H2,1-2H3/b6-4+,7-3-/t12-,15-,18+/m0/s1. The number of benzene rings is 1. The molecule has 0 unspecified atom stereocenters. The van der Waals surface area contributed by atoms with Gasteiger partial charge in [0.15, 0.2) is 5.78 Å². The van der Waals surface area contributed by atoms with Crippen molar-refractivity contribution in [2.24, 2.45) is 0 Å². The maximum atomic E-state index is 12.4. The number of hydrogen-bond donors (Lipinski definition) is 3. The average Bonchev–Trinajstić information content (AvgIpc) is 2.52. The number of rotatable bonds is 0. The normalized spacial score (nSPS) is 27.8. The van der Waals surface area contributed by atoms with Crippen molar-refractivity contribution in [2.75, 3.05) is 0 Å². The van der Waals surface area contributed by atoms with Gasteiger partial charge in [-0.15, -0.1) is 0 Å². The molecule has 0 saturated carbocycles. The van der Waals surface area contributed by atoms with Crippen LogP contribution < -0.4 is 0 Å². The number of aromatic hydroxyl groups is 1. The summed E-state index contributed by atoms with van der Waals surface area (Å²) in [4.78, 5) is 24.2. The van der Waals surface area contributed by atoms with Crippen LogP contribution in [0.1, 0.15) is 41.3 Å². The molecule has 0 saturated heterocycles. The van der Waals surface area contributed by atoms with Gasteiger partial charge in [-0.05, 0) is 43.5 Å². The molecule has 1 heterocycles. The van der Waals surface area contributed by atoms with Gasteiger partial charge in [-0.2, -0.15) is 0 Å². The van der Waals surface area contributed by atoms with Crippen molar-refractivity contribution >= 4 is 17.8 Å². The highest BCUT2D eigenvalue weighted by Gasteiger charge is 2.23. The fourth-order valence-electron chi connectivity index (χ4n) is 2.57. The van der Waals surface area contributed by atoms with Crippen LogP contribution in [0, 0.1) is 6.92 Å². The van der Waals surface area contributed by atoms with Crippen LogP contribution in [0.15, 0.2) is 30.4 Å². The number of aryl methyl sites for hydroxylation is 1. The summed E-state index contributed by atoms with van der Waals surface area (Å²) < 4.78 is 5.32. The minimum Gasteiger partial charge on any atom is -0.507 e. The maximum Gasteiger partial charge on any atom is 0.342 e. The molecule has 0 aromatic heterocycles. The summed E-state index contributed by atoms with van der Waals surface area (Å²) in [6.07, 6.45) is 2.70. The number of esters is 1. The zero-order valence-electron chi connectivity index (χ0n) is 14.2. The number of aliphatic hydroxyl groups is 2. The second-order valence-electron chi connectivity index (χ2n) is 6.15. The Hall–Kier alpha value is -2.44. The molecule has 3 N–H and O–H groups in total. The van der Waals surface area contributed by atoms with Gasteiger partial charge in [0.05, 0.1) is 6.10 Å². The molecule has 1 aliphatic rings. The Morgan fingerprint density at radius 1 is 1.08 bits per heavy atom. The van der Waals surface area contributed by atoms with Crippen molar-refractivity contribution in [3.8, 4) is 5.75 Å². The summed E-state index contributed by atoms with van der Waals surface area (Å²) >= 11 is 0. The van der Waals surface area contributed by atoms with Gasteiger partial charge < -0.3 is 20.1 Å². The number of ether oxygens (including phenoxy) is 1. The second-order valence-corrected chi connectivity index (χ2v) is 6.15. The first-order valence-electron chi connectivity index (χ1n) is 8.07. The number of phenolic OH excluding ortho intramolecular Hbond substituents is 1. The SMILES string of the molecule is Cc1cc(O)c2c(c1)/C=C/C[C@H](O)[C@H](O)C(=O)/C=C\C[C@H](C)OC2=O. The van der Waals surface area contributed by atoms with E-state index < -0.39 is 30.1 Å². The van der Waals surface area contributed by atoms with Crippen LogP contribution in [0.4, 0.5) is 0 Å². The molecular formula is C19H22O6. The van der Waals surface area contributed by atoms with E-state index in [1.165, 1.54) is 24.3 Å². The zero-order chi connectivity index (χ0) is 18.6. The number of aliphatic hydroxyl groups excluding tert-OH is 2. The monoisotopic (exact) mass is 346 g/mol. The topological polar surface area (TPSA) is 104 Å². The van der Waals surface area contributed by atoms with Crippen LogP contribution in [0.5, 0.6) is 5.75 Å². The molecule has 0 aliphatic carbocycles. The summed E-state index contributed by atoms with van der Waals surface area (Å²) in [5, 5.41) is 29.9. The maximum absolute atomic E-state index is 12.4. The molecule has 0 spiro atoms. The van der Waals surface area contributed by atoms with E-state index in [0.29, 0.717) is 5.56 Å². The molecule has 1 aromatic rings. The van der Waals surface area contributed by atoms with Crippen molar-refractivity contribution in [3.63, 3.8) is 0 Å². The lowest BCUT2D eigenvalue weighted by atomic mass is 10.0. The number of carbonyl (C=O) groups is 2. The van der Waals surface area contributed by atoms with Gasteiger partial charge in [0.25, 0.3) is 0 Å². The smallest absolute Gasteiger partial charge is 0.342 e. The fraction of sp³-hybridized carbons (Fsp3) is 0.368. The van der Waals surface area contributed by atoms with E-state index in [4.69, 9.17) is 4.74 Å². The van der Waals surface area contributed by atoms with E-state index in [1.54, 1.807) is 26.0 Å². The largest absolute Gasteiger partial charge is 0.507 e. The summed E-state index contributed by atoms with van der Waals surface area (Å²) in [6.45, 7) is 3.43. The van der Waals surface area contributed by atoms with Gasteiger partial charge in [-0.25, -0.2) is 4.79 Å². The highest BCUT2D eigenvalue weighted by atomic mass is 16.5. The molecule has 25 heavy (non-hydrogen) atoms. The highest BCUT2D eigenvalue weighted by Crippen LogP contribution is 2.26. The van der Waals surface area contributed by atoms with Crippen molar-refractivity contribution < 1.29 is 29.6 Å². The van der Waals surface area contributed by atoms with Gasteiger partial charge in [-0.3, -0.25) is 4.79 Å². The predicted molar refractivity (Wildman–Crippen MR) is 92.1 cm³/mol. The highest BCUT2D eigenvalue weighted by molar-refractivity contribution is 5.97. The van der Waals surface area contributed by atoms with E-state index in [-0.39, 0.29) is 24.2 Å². The predicted octanol–water partition coefficient (Wildman–Crippen LogP) is 1.90. The fourth-order valence-corrected chi connectivity index (χ4v) is 2.57. The molecule has 0 amide bonds. The molecule has 0 fully saturated rings. The first-order valence-corrected chi connectivity index (χ1v) is 8.07. The Balaban J connectivity index is 2.43. The van der Waals surface area contributed by atoms with E-state index in [1.807, 2.05) is 0 Å². The van der Waals surface area contributed by atoms with Crippen molar-refractivity contribution in [1.82, 2.24) is 0 Å². The molecule has 134 valence electrons. The van der Waals surface area contributed by atoms with Crippen LogP contribution in [0.3, 0.4) is 0 Å². The molecule has 0 bridgehead atoms. The Morgan fingerprint density at radius 2 is 1.76 bits per heavy atom. The number of carbonyl (C=O) groups excluding carboxylic acids is 2. The number of fused-ring (bicyclic) bond motifs is 1. The van der Waals surface area contributed by atoms with E-state index >= 15 is 0 Å². The summed E-state index contributed by atoms with van der Waals surface area (Å²) in [6, 6.07) is 3.18. The first kappa shape index (κ1) is 18.9. The van der Waals surface area contributed by atoms with Gasteiger partial charge >= 0.3 is 5.97 Å². The van der Waals surface area contributed by atoms with Crippen molar-refractivity contribution in [1.29, 1.82) is 0 Å². The Bertz CT molecular complexity index is 719. The Kier molecular flexibility index (Phi) is 6.12. The third-order valence-corrected chi connectivity index (χ3v) is 3.89. The summed E-state index contributed by atoms with van der Waals surface area (Å²) in [5.41, 5.74) is 1.23. The molecule has 1 aromatic carbocycles. The lowest BCUT2D eigenvalue weighted by Gasteiger charge is -2.16. The summed E-state index contributed by atoms with van der Waals surface area (Å²) in [7, 11) is 0. The Morgan fingerprint density at radius 3 is 2.48 bits per heavy atom. The van der Waals surface area contributed by atoms with E-state index in [2.05, 4.69) is 0 Å². The molecule has 6 heteroatoms. The molecule has 2 rings (SSSR count). The van der Waals surface area contributed by atoms with Crippen LogP contribution in [-0.2, 0) is 9.53 Å². The minimum atomic E-state index is -1.52. The van der Waals surface area contributed by atoms with Gasteiger partial charge in [-0.1, -0.05) is 24.3 Å². The number of phenols is 1. The molecule has 6 nitrogen and oxygen atoms in total. The van der Waals surface area contributed by atoms with Crippen LogP contribution in [-0.4, -0.2) is 45.4 Å². The first-order chi connectivity index (χ1) is 11.8. The summed E-state index contributed by atoms with van der Waals surface area (Å²) in [5.74, 6) is -1.46. The van der Waals surface area contributed by atoms with Gasteiger partial charge in [0.2, 0.25) is 0 Å². The molecule has 3 atom stereocenters. The molecule has 1 aliphatic heterocycles. The zero-order valence-corrected chi connectivity index (χ0v) is 14.2. The molecule has 0 radical (unpaired) electrons.